The molecule has 2 heterocycles. The Labute approximate surface area is 192 Å². The van der Waals surface area contributed by atoms with Crippen molar-refractivity contribution < 1.29 is 32.0 Å². The van der Waals surface area contributed by atoms with E-state index in [0.717, 1.165) is 17.7 Å². The van der Waals surface area contributed by atoms with Gasteiger partial charge in [0.25, 0.3) is 5.91 Å². The second-order valence-electron chi connectivity index (χ2n) is 7.84. The minimum absolute atomic E-state index is 0.130. The van der Waals surface area contributed by atoms with Gasteiger partial charge in [-0.3, -0.25) is 9.59 Å². The van der Waals surface area contributed by atoms with Crippen LogP contribution in [-0.4, -0.2) is 46.3 Å². The number of rotatable bonds is 5. The van der Waals surface area contributed by atoms with Crippen LogP contribution in [-0.2, 0) is 4.79 Å². The van der Waals surface area contributed by atoms with Crippen molar-refractivity contribution in [1.82, 2.24) is 15.0 Å². The second kappa shape index (κ2) is 9.54. The van der Waals surface area contributed by atoms with Gasteiger partial charge in [0.1, 0.15) is 5.75 Å². The largest absolute Gasteiger partial charge is 0.573 e. The number of likely N-dealkylation sites (tertiary alicyclic amines) is 1. The van der Waals surface area contributed by atoms with Crippen molar-refractivity contribution >= 4 is 17.5 Å². The van der Waals surface area contributed by atoms with Crippen molar-refractivity contribution in [3.63, 3.8) is 0 Å². The fourth-order valence-corrected chi connectivity index (χ4v) is 3.69. The molecule has 1 aliphatic heterocycles. The molecule has 1 fully saturated rings. The molecule has 0 bridgehead atoms. The molecule has 0 saturated carbocycles. The minimum atomic E-state index is -4.77. The third-order valence-corrected chi connectivity index (χ3v) is 5.43. The lowest BCUT2D eigenvalue weighted by Gasteiger charge is -2.31. The summed E-state index contributed by atoms with van der Waals surface area (Å²) in [6.07, 6.45) is -3.81. The molecule has 0 atom stereocenters. The van der Waals surface area contributed by atoms with Crippen LogP contribution in [0.2, 0.25) is 0 Å². The summed E-state index contributed by atoms with van der Waals surface area (Å²) in [6, 6.07) is 11.9. The number of nitrogens with one attached hydrogen (secondary N) is 1. The number of amides is 2. The van der Waals surface area contributed by atoms with Gasteiger partial charge < -0.3 is 19.5 Å². The minimum Gasteiger partial charge on any atom is -0.406 e. The normalized spacial score (nSPS) is 14.6. The molecule has 11 heteroatoms. The maximum atomic E-state index is 12.8. The number of aryl methyl sites for hydroxylation is 1. The number of piperidine rings is 1. The van der Waals surface area contributed by atoms with Gasteiger partial charge in [-0.15, -0.1) is 13.2 Å². The molecule has 2 aromatic carbocycles. The second-order valence-corrected chi connectivity index (χ2v) is 7.84. The highest BCUT2D eigenvalue weighted by Crippen LogP contribution is 2.26. The molecular formula is C23H21F3N4O4. The highest BCUT2D eigenvalue weighted by atomic mass is 19.4. The topological polar surface area (TPSA) is 97.6 Å². The van der Waals surface area contributed by atoms with E-state index in [4.69, 9.17) is 4.52 Å². The van der Waals surface area contributed by atoms with Crippen LogP contribution in [0.25, 0.3) is 11.4 Å². The maximum absolute atomic E-state index is 12.8. The van der Waals surface area contributed by atoms with Crippen LogP contribution >= 0.6 is 0 Å². The first kappa shape index (κ1) is 23.3. The van der Waals surface area contributed by atoms with Crippen LogP contribution in [0.1, 0.15) is 29.1 Å². The predicted molar refractivity (Wildman–Crippen MR) is 115 cm³/mol. The molecule has 34 heavy (non-hydrogen) atoms. The fraction of sp³-hybridized carbons (Fsp3) is 0.304. The molecule has 8 nitrogen and oxygen atoms in total. The molecular weight excluding hydrogens is 453 g/mol. The van der Waals surface area contributed by atoms with E-state index >= 15 is 0 Å². The Hall–Kier alpha value is -3.89. The number of ether oxygens (including phenoxy) is 1. The third kappa shape index (κ3) is 5.72. The molecule has 0 radical (unpaired) electrons. The number of hydrogen-bond donors (Lipinski definition) is 1. The maximum Gasteiger partial charge on any atom is 0.573 e. The van der Waals surface area contributed by atoms with Crippen LogP contribution in [0.4, 0.5) is 18.9 Å². The van der Waals surface area contributed by atoms with E-state index in [9.17, 15) is 22.8 Å². The van der Waals surface area contributed by atoms with Crippen LogP contribution in [0.15, 0.2) is 53.1 Å². The number of carbonyl (C=O) groups excluding carboxylic acids is 2. The van der Waals surface area contributed by atoms with Crippen LogP contribution in [0.3, 0.4) is 0 Å². The molecule has 0 unspecified atom stereocenters. The monoisotopic (exact) mass is 474 g/mol. The number of hydrogen-bond acceptors (Lipinski definition) is 6. The molecule has 0 aliphatic carbocycles. The molecule has 0 spiro atoms. The van der Waals surface area contributed by atoms with Gasteiger partial charge in [-0.25, -0.2) is 0 Å². The van der Waals surface area contributed by atoms with Crippen molar-refractivity contribution in [3.05, 3.63) is 60.0 Å². The molecule has 1 aromatic heterocycles. The van der Waals surface area contributed by atoms with Gasteiger partial charge in [0.15, 0.2) is 0 Å². The van der Waals surface area contributed by atoms with Gasteiger partial charge in [-0.2, -0.15) is 4.98 Å². The van der Waals surface area contributed by atoms with Crippen molar-refractivity contribution in [3.8, 4) is 17.1 Å². The summed E-state index contributed by atoms with van der Waals surface area (Å²) >= 11 is 0. The van der Waals surface area contributed by atoms with Crippen molar-refractivity contribution in [2.24, 2.45) is 5.92 Å². The van der Waals surface area contributed by atoms with Gasteiger partial charge in [0, 0.05) is 42.7 Å². The van der Waals surface area contributed by atoms with E-state index in [-0.39, 0.29) is 23.5 Å². The number of benzene rings is 2. The Morgan fingerprint density at radius 2 is 1.71 bits per heavy atom. The van der Waals surface area contributed by atoms with Crippen molar-refractivity contribution in [2.45, 2.75) is 26.1 Å². The Bertz CT molecular complexity index is 1150. The standard InChI is InChI=1S/C23H21F3N4O4/c1-14-27-20(29-34-14)15-2-4-17(5-3-15)22(32)30-12-10-16(11-13-30)21(31)28-18-6-8-19(9-7-18)33-23(24,25)26/h2-9,16H,10-13H2,1H3,(H,28,31). The summed E-state index contributed by atoms with van der Waals surface area (Å²) in [6.45, 7) is 2.53. The zero-order valence-corrected chi connectivity index (χ0v) is 18.1. The number of nitrogens with zero attached hydrogens (tertiary/aromatic N) is 3. The number of aromatic nitrogens is 2. The van der Waals surface area contributed by atoms with Crippen molar-refractivity contribution in [1.29, 1.82) is 0 Å². The lowest BCUT2D eigenvalue weighted by atomic mass is 9.95. The summed E-state index contributed by atoms with van der Waals surface area (Å²) < 4.78 is 45.5. The zero-order chi connectivity index (χ0) is 24.3. The number of halogens is 3. The Morgan fingerprint density at radius 1 is 1.06 bits per heavy atom. The van der Waals surface area contributed by atoms with Gasteiger partial charge >= 0.3 is 6.36 Å². The number of alkyl halides is 3. The Morgan fingerprint density at radius 3 is 2.26 bits per heavy atom. The predicted octanol–water partition coefficient (Wildman–Crippen LogP) is 4.43. The van der Waals surface area contributed by atoms with Gasteiger partial charge in [0.05, 0.1) is 0 Å². The first-order valence-corrected chi connectivity index (χ1v) is 10.5. The average Bonchev–Trinajstić information content (AvgIpc) is 3.25. The SMILES string of the molecule is Cc1nc(-c2ccc(C(=O)N3CCC(C(=O)Nc4ccc(OC(F)(F)F)cc4)CC3)cc2)no1. The van der Waals surface area contributed by atoms with Crippen LogP contribution in [0.5, 0.6) is 5.75 Å². The molecule has 1 aliphatic rings. The number of carbonyl (C=O) groups is 2. The van der Waals surface area contributed by atoms with Crippen LogP contribution in [0, 0.1) is 12.8 Å². The van der Waals surface area contributed by atoms with E-state index in [2.05, 4.69) is 20.2 Å². The summed E-state index contributed by atoms with van der Waals surface area (Å²) in [5.41, 5.74) is 1.63. The summed E-state index contributed by atoms with van der Waals surface area (Å²) in [5, 5.41) is 6.56. The molecule has 178 valence electrons. The van der Waals surface area contributed by atoms with E-state index in [0.29, 0.717) is 48.9 Å². The smallest absolute Gasteiger partial charge is 0.406 e. The Kier molecular flexibility index (Phi) is 6.53. The fourth-order valence-electron chi connectivity index (χ4n) is 3.69. The Balaban J connectivity index is 1.28. The highest BCUT2D eigenvalue weighted by Gasteiger charge is 2.31. The molecule has 3 aromatic rings. The van der Waals surface area contributed by atoms with Crippen molar-refractivity contribution in [2.75, 3.05) is 18.4 Å². The third-order valence-electron chi connectivity index (χ3n) is 5.43. The lowest BCUT2D eigenvalue weighted by Crippen LogP contribution is -2.41. The van der Waals surface area contributed by atoms with Gasteiger partial charge in [-0.05, 0) is 49.2 Å². The van der Waals surface area contributed by atoms with E-state index in [1.165, 1.54) is 12.1 Å². The van der Waals surface area contributed by atoms with E-state index in [1.54, 1.807) is 36.1 Å². The summed E-state index contributed by atoms with van der Waals surface area (Å²) in [7, 11) is 0. The lowest BCUT2D eigenvalue weighted by molar-refractivity contribution is -0.274. The average molecular weight is 474 g/mol. The molecule has 1 N–H and O–H groups in total. The number of anilines is 1. The molecule has 4 rings (SSSR count). The first-order valence-electron chi connectivity index (χ1n) is 10.5. The quantitative estimate of drug-likeness (QED) is 0.588. The first-order chi connectivity index (χ1) is 16.2. The van der Waals surface area contributed by atoms with Gasteiger partial charge in [0.2, 0.25) is 17.6 Å². The van der Waals surface area contributed by atoms with Crippen LogP contribution < -0.4 is 10.1 Å². The summed E-state index contributed by atoms with van der Waals surface area (Å²) in [5.74, 6) is -0.136. The van der Waals surface area contributed by atoms with Gasteiger partial charge in [-0.1, -0.05) is 17.3 Å². The highest BCUT2D eigenvalue weighted by molar-refractivity contribution is 5.95. The zero-order valence-electron chi connectivity index (χ0n) is 18.1. The molecule has 1 saturated heterocycles. The van der Waals surface area contributed by atoms with E-state index in [1.807, 2.05) is 0 Å². The molecule has 2 amide bonds. The van der Waals surface area contributed by atoms with E-state index < -0.39 is 6.36 Å². The summed E-state index contributed by atoms with van der Waals surface area (Å²) in [4.78, 5) is 31.2.